The largest absolute Gasteiger partial charge is 0.324 e. The van der Waals surface area contributed by atoms with Crippen molar-refractivity contribution in [3.8, 4) is 0 Å². The number of hydrogen-bond acceptors (Lipinski definition) is 2. The number of fused-ring (bicyclic) bond motifs is 1. The second kappa shape index (κ2) is 7.69. The molecule has 1 aromatic carbocycles. The highest BCUT2D eigenvalue weighted by atomic mass is 15.4. The minimum absolute atomic E-state index is 1.05. The zero-order valence-corrected chi connectivity index (χ0v) is 17.3. The van der Waals surface area contributed by atoms with E-state index < -0.39 is 0 Å². The normalized spacial score (nSPS) is 14.7. The van der Waals surface area contributed by atoms with Gasteiger partial charge in [0.25, 0.3) is 0 Å². The maximum Gasteiger partial charge on any atom is 0.158 e. The smallest absolute Gasteiger partial charge is 0.158 e. The SMILES string of the molecule is CC/C=C(/CCC)c1c2c(nn1C)N(c1c(C)cc(C)cc1C)CCC2. The van der Waals surface area contributed by atoms with Crippen molar-refractivity contribution in [1.82, 2.24) is 9.78 Å². The molecule has 0 bridgehead atoms. The fraction of sp³-hybridized carbons (Fsp3) is 0.522. The Balaban J connectivity index is 2.13. The summed E-state index contributed by atoms with van der Waals surface area (Å²) in [4.78, 5) is 2.46. The first kappa shape index (κ1) is 18.8. The van der Waals surface area contributed by atoms with Gasteiger partial charge in [-0.2, -0.15) is 5.10 Å². The van der Waals surface area contributed by atoms with Gasteiger partial charge in [-0.3, -0.25) is 4.68 Å². The summed E-state index contributed by atoms with van der Waals surface area (Å²) in [5, 5.41) is 5.00. The highest BCUT2D eigenvalue weighted by Gasteiger charge is 2.28. The molecule has 2 heterocycles. The van der Waals surface area contributed by atoms with Gasteiger partial charge in [0, 0.05) is 24.8 Å². The minimum atomic E-state index is 1.05. The molecule has 0 aliphatic carbocycles. The molecule has 0 spiro atoms. The van der Waals surface area contributed by atoms with Crippen LogP contribution in [0.1, 0.15) is 67.5 Å². The molecule has 0 saturated carbocycles. The number of nitrogens with zero attached hydrogens (tertiary/aromatic N) is 3. The third-order valence-corrected chi connectivity index (χ3v) is 5.37. The van der Waals surface area contributed by atoms with Crippen LogP contribution in [0.2, 0.25) is 0 Å². The lowest BCUT2D eigenvalue weighted by molar-refractivity contribution is 0.736. The molecule has 1 aromatic heterocycles. The molecule has 140 valence electrons. The molecule has 0 radical (unpaired) electrons. The van der Waals surface area contributed by atoms with Gasteiger partial charge >= 0.3 is 0 Å². The molecular formula is C23H33N3. The third-order valence-electron chi connectivity index (χ3n) is 5.37. The second-order valence-corrected chi connectivity index (χ2v) is 7.66. The van der Waals surface area contributed by atoms with Crippen molar-refractivity contribution in [3.05, 3.63) is 46.2 Å². The first-order valence-electron chi connectivity index (χ1n) is 10.1. The van der Waals surface area contributed by atoms with Crippen molar-refractivity contribution in [2.24, 2.45) is 7.05 Å². The molecule has 26 heavy (non-hydrogen) atoms. The molecule has 3 nitrogen and oxygen atoms in total. The van der Waals surface area contributed by atoms with Crippen LogP contribution in [0.3, 0.4) is 0 Å². The van der Waals surface area contributed by atoms with Crippen LogP contribution in [-0.4, -0.2) is 16.3 Å². The maximum atomic E-state index is 5.00. The van der Waals surface area contributed by atoms with Gasteiger partial charge in [-0.05, 0) is 63.2 Å². The second-order valence-electron chi connectivity index (χ2n) is 7.66. The fourth-order valence-corrected chi connectivity index (χ4v) is 4.57. The molecule has 0 saturated heterocycles. The molecular weight excluding hydrogens is 318 g/mol. The van der Waals surface area contributed by atoms with Crippen LogP contribution in [0.4, 0.5) is 11.5 Å². The first-order valence-corrected chi connectivity index (χ1v) is 10.1. The van der Waals surface area contributed by atoms with E-state index in [1.54, 1.807) is 0 Å². The summed E-state index contributed by atoms with van der Waals surface area (Å²) in [5.41, 5.74) is 9.63. The summed E-state index contributed by atoms with van der Waals surface area (Å²) >= 11 is 0. The van der Waals surface area contributed by atoms with E-state index in [4.69, 9.17) is 5.10 Å². The van der Waals surface area contributed by atoms with Crippen molar-refractivity contribution in [2.75, 3.05) is 11.4 Å². The van der Waals surface area contributed by atoms with Gasteiger partial charge in [0.2, 0.25) is 0 Å². The lowest BCUT2D eigenvalue weighted by atomic mass is 9.95. The molecule has 1 aliphatic heterocycles. The Kier molecular flexibility index (Phi) is 5.55. The molecule has 0 atom stereocenters. The molecule has 0 N–H and O–H groups in total. The quantitative estimate of drug-likeness (QED) is 0.656. The first-order chi connectivity index (χ1) is 12.5. The van der Waals surface area contributed by atoms with Crippen molar-refractivity contribution >= 4 is 17.1 Å². The summed E-state index contributed by atoms with van der Waals surface area (Å²) in [5.74, 6) is 1.17. The number of anilines is 2. The van der Waals surface area contributed by atoms with E-state index in [-0.39, 0.29) is 0 Å². The molecule has 3 rings (SSSR count). The van der Waals surface area contributed by atoms with Crippen molar-refractivity contribution in [2.45, 2.75) is 66.7 Å². The molecule has 0 amide bonds. The average Bonchev–Trinajstić information content (AvgIpc) is 2.90. The highest BCUT2D eigenvalue weighted by Crippen LogP contribution is 2.40. The maximum absolute atomic E-state index is 5.00. The lowest BCUT2D eigenvalue weighted by Crippen LogP contribution is -2.26. The number of allylic oxidation sites excluding steroid dienone is 2. The van der Waals surface area contributed by atoms with Gasteiger partial charge < -0.3 is 4.90 Å². The van der Waals surface area contributed by atoms with Crippen LogP contribution in [0.15, 0.2) is 18.2 Å². The van der Waals surface area contributed by atoms with E-state index in [0.717, 1.165) is 25.8 Å². The van der Waals surface area contributed by atoms with Gasteiger partial charge in [-0.1, -0.05) is 44.0 Å². The molecule has 0 unspecified atom stereocenters. The summed E-state index contributed by atoms with van der Waals surface area (Å²) in [6.07, 6.45) is 8.08. The zero-order valence-electron chi connectivity index (χ0n) is 17.3. The molecule has 2 aromatic rings. The van der Waals surface area contributed by atoms with Gasteiger partial charge in [0.15, 0.2) is 5.82 Å². The van der Waals surface area contributed by atoms with Crippen LogP contribution in [-0.2, 0) is 13.5 Å². The van der Waals surface area contributed by atoms with E-state index in [1.165, 1.54) is 57.9 Å². The van der Waals surface area contributed by atoms with Crippen molar-refractivity contribution in [3.63, 3.8) is 0 Å². The Labute approximate surface area is 158 Å². The fourth-order valence-electron chi connectivity index (χ4n) is 4.57. The summed E-state index contributed by atoms with van der Waals surface area (Å²) < 4.78 is 2.12. The molecule has 3 heteroatoms. The Morgan fingerprint density at radius 1 is 1.15 bits per heavy atom. The monoisotopic (exact) mass is 351 g/mol. The summed E-state index contributed by atoms with van der Waals surface area (Å²) in [7, 11) is 2.11. The third kappa shape index (κ3) is 3.32. The number of aryl methyl sites for hydroxylation is 4. The number of aromatic nitrogens is 2. The van der Waals surface area contributed by atoms with Crippen LogP contribution in [0.25, 0.3) is 5.57 Å². The predicted molar refractivity (Wildman–Crippen MR) is 112 cm³/mol. The van der Waals surface area contributed by atoms with E-state index in [0.29, 0.717) is 0 Å². The van der Waals surface area contributed by atoms with Crippen LogP contribution in [0, 0.1) is 20.8 Å². The van der Waals surface area contributed by atoms with Gasteiger partial charge in [0.05, 0.1) is 5.69 Å². The predicted octanol–water partition coefficient (Wildman–Crippen LogP) is 6.02. The number of benzene rings is 1. The van der Waals surface area contributed by atoms with E-state index in [2.05, 4.69) is 69.5 Å². The van der Waals surface area contributed by atoms with E-state index in [1.807, 2.05) is 0 Å². The van der Waals surface area contributed by atoms with Crippen LogP contribution >= 0.6 is 0 Å². The van der Waals surface area contributed by atoms with Crippen molar-refractivity contribution in [1.29, 1.82) is 0 Å². The van der Waals surface area contributed by atoms with Gasteiger partial charge in [-0.15, -0.1) is 0 Å². The summed E-state index contributed by atoms with van der Waals surface area (Å²) in [6, 6.07) is 4.58. The van der Waals surface area contributed by atoms with Gasteiger partial charge in [0.1, 0.15) is 0 Å². The Hall–Kier alpha value is -2.03. The average molecular weight is 352 g/mol. The Morgan fingerprint density at radius 2 is 1.85 bits per heavy atom. The van der Waals surface area contributed by atoms with Crippen LogP contribution < -0.4 is 4.90 Å². The number of hydrogen-bond donors (Lipinski definition) is 0. The topological polar surface area (TPSA) is 21.1 Å². The van der Waals surface area contributed by atoms with Gasteiger partial charge in [-0.25, -0.2) is 0 Å². The summed E-state index contributed by atoms with van der Waals surface area (Å²) in [6.45, 7) is 12.2. The standard InChI is InChI=1S/C23H33N3/c1-7-10-19(11-8-2)22-20-12-9-13-26(23(20)24-25(22)6)21-17(4)14-16(3)15-18(21)5/h10,14-15H,7-9,11-13H2,1-6H3/b19-10-. The zero-order chi connectivity index (χ0) is 18.8. The Morgan fingerprint density at radius 3 is 2.46 bits per heavy atom. The lowest BCUT2D eigenvalue weighted by Gasteiger charge is -2.31. The van der Waals surface area contributed by atoms with E-state index >= 15 is 0 Å². The molecule has 1 aliphatic rings. The highest BCUT2D eigenvalue weighted by molar-refractivity contribution is 5.76. The van der Waals surface area contributed by atoms with Crippen LogP contribution in [0.5, 0.6) is 0 Å². The Bertz CT molecular complexity index is 803. The van der Waals surface area contributed by atoms with Crippen molar-refractivity contribution < 1.29 is 0 Å². The number of rotatable bonds is 5. The van der Waals surface area contributed by atoms with E-state index in [9.17, 15) is 0 Å². The minimum Gasteiger partial charge on any atom is -0.324 e. The molecule has 0 fully saturated rings.